The van der Waals surface area contributed by atoms with E-state index in [0.29, 0.717) is 19.4 Å². The van der Waals surface area contributed by atoms with Crippen LogP contribution in [0.3, 0.4) is 0 Å². The van der Waals surface area contributed by atoms with E-state index in [4.69, 9.17) is 17.3 Å². The molecule has 98 valence electrons. The molecule has 0 aromatic carbocycles. The Kier molecular flexibility index (Phi) is 5.54. The monoisotopic (exact) mass is 268 g/mol. The molecule has 1 aromatic heterocycles. The molecule has 0 atom stereocenters. The molecule has 6 heteroatoms. The number of aromatic hydroxyl groups is 1. The molecule has 0 amide bonds. The molecule has 3 N–H and O–H groups in total. The van der Waals surface area contributed by atoms with E-state index in [0.717, 1.165) is 0 Å². The Morgan fingerprint density at radius 2 is 2.22 bits per heavy atom. The predicted molar refractivity (Wildman–Crippen MR) is 73.1 cm³/mol. The first-order valence-corrected chi connectivity index (χ1v) is 5.97. The van der Waals surface area contributed by atoms with Crippen molar-refractivity contribution in [2.45, 2.75) is 19.4 Å². The number of aliphatic hydroxyl groups excluding tert-OH is 1. The summed E-state index contributed by atoms with van der Waals surface area (Å²) in [7, 11) is 0. The van der Waals surface area contributed by atoms with Gasteiger partial charge in [0.15, 0.2) is 4.77 Å². The first-order valence-electron chi connectivity index (χ1n) is 5.56. The lowest BCUT2D eigenvalue weighted by Crippen LogP contribution is -2.16. The van der Waals surface area contributed by atoms with Gasteiger partial charge >= 0.3 is 0 Å². The van der Waals surface area contributed by atoms with Crippen molar-refractivity contribution in [3.8, 4) is 5.88 Å². The van der Waals surface area contributed by atoms with Crippen LogP contribution < -0.4 is 5.56 Å². The summed E-state index contributed by atoms with van der Waals surface area (Å²) >= 11 is 4.95. The molecule has 0 aliphatic carbocycles. The third-order valence-corrected chi connectivity index (χ3v) is 2.65. The molecule has 18 heavy (non-hydrogen) atoms. The SMILES string of the molecule is C=CCn1c(O)c(C=CCCCO)c(=O)[nH]c1=S. The van der Waals surface area contributed by atoms with E-state index in [-0.39, 0.29) is 22.8 Å². The van der Waals surface area contributed by atoms with Gasteiger partial charge in [0, 0.05) is 13.2 Å². The molecule has 0 unspecified atom stereocenters. The van der Waals surface area contributed by atoms with Crippen LogP contribution >= 0.6 is 12.2 Å². The second-order valence-corrected chi connectivity index (χ2v) is 4.05. The Hall–Kier alpha value is -1.66. The summed E-state index contributed by atoms with van der Waals surface area (Å²) < 4.78 is 1.54. The molecule has 0 bridgehead atoms. The van der Waals surface area contributed by atoms with Crippen LogP contribution in [0.5, 0.6) is 5.88 Å². The smallest absolute Gasteiger partial charge is 0.262 e. The van der Waals surface area contributed by atoms with Gasteiger partial charge in [0.25, 0.3) is 5.56 Å². The Balaban J connectivity index is 3.15. The molecule has 0 fully saturated rings. The normalized spacial score (nSPS) is 10.9. The van der Waals surface area contributed by atoms with Crippen molar-refractivity contribution in [2.75, 3.05) is 6.61 Å². The fourth-order valence-electron chi connectivity index (χ4n) is 1.43. The van der Waals surface area contributed by atoms with Crippen molar-refractivity contribution in [3.63, 3.8) is 0 Å². The van der Waals surface area contributed by atoms with Crippen molar-refractivity contribution >= 4 is 18.3 Å². The number of aromatic amines is 1. The maximum atomic E-state index is 11.7. The molecular weight excluding hydrogens is 252 g/mol. The highest BCUT2D eigenvalue weighted by Gasteiger charge is 2.08. The fourth-order valence-corrected chi connectivity index (χ4v) is 1.69. The summed E-state index contributed by atoms with van der Waals surface area (Å²) in [6, 6.07) is 0. The van der Waals surface area contributed by atoms with Crippen LogP contribution in [0.2, 0.25) is 0 Å². The first kappa shape index (κ1) is 14.4. The molecule has 1 heterocycles. The lowest BCUT2D eigenvalue weighted by Gasteiger charge is -2.08. The van der Waals surface area contributed by atoms with Crippen molar-refractivity contribution in [1.82, 2.24) is 9.55 Å². The van der Waals surface area contributed by atoms with E-state index in [2.05, 4.69) is 11.6 Å². The Morgan fingerprint density at radius 1 is 1.50 bits per heavy atom. The van der Waals surface area contributed by atoms with Crippen molar-refractivity contribution in [3.05, 3.63) is 39.4 Å². The van der Waals surface area contributed by atoms with E-state index in [1.807, 2.05) is 0 Å². The van der Waals surface area contributed by atoms with Crippen LogP contribution in [0.15, 0.2) is 23.5 Å². The first-order chi connectivity index (χ1) is 8.61. The summed E-state index contributed by atoms with van der Waals surface area (Å²) in [5.74, 6) is -0.177. The zero-order valence-electron chi connectivity index (χ0n) is 9.93. The topological polar surface area (TPSA) is 78.2 Å². The highest BCUT2D eigenvalue weighted by molar-refractivity contribution is 7.71. The zero-order valence-corrected chi connectivity index (χ0v) is 10.7. The molecule has 0 aliphatic rings. The number of nitrogens with one attached hydrogen (secondary N) is 1. The van der Waals surface area contributed by atoms with Gasteiger partial charge in [-0.1, -0.05) is 12.2 Å². The highest BCUT2D eigenvalue weighted by Crippen LogP contribution is 2.15. The number of allylic oxidation sites excluding steroid dienone is 2. The van der Waals surface area contributed by atoms with Crippen LogP contribution in [-0.2, 0) is 6.54 Å². The number of hydrogen-bond acceptors (Lipinski definition) is 4. The Labute approximate surface area is 110 Å². The fraction of sp³-hybridized carbons (Fsp3) is 0.333. The summed E-state index contributed by atoms with van der Waals surface area (Å²) in [5, 5.41) is 18.6. The van der Waals surface area contributed by atoms with Gasteiger partial charge in [-0.25, -0.2) is 0 Å². The van der Waals surface area contributed by atoms with E-state index >= 15 is 0 Å². The van der Waals surface area contributed by atoms with Gasteiger partial charge in [-0.15, -0.1) is 6.58 Å². The van der Waals surface area contributed by atoms with Crippen LogP contribution in [0.25, 0.3) is 6.08 Å². The number of rotatable bonds is 6. The van der Waals surface area contributed by atoms with Crippen LogP contribution in [0.1, 0.15) is 18.4 Å². The molecule has 0 spiro atoms. The van der Waals surface area contributed by atoms with Gasteiger partial charge in [-0.05, 0) is 31.1 Å². The molecule has 1 rings (SSSR count). The summed E-state index contributed by atoms with van der Waals surface area (Å²) in [6.07, 6.45) is 6.07. The largest absolute Gasteiger partial charge is 0.494 e. The summed E-state index contributed by atoms with van der Waals surface area (Å²) in [4.78, 5) is 14.1. The van der Waals surface area contributed by atoms with Gasteiger partial charge in [0.2, 0.25) is 5.88 Å². The minimum Gasteiger partial charge on any atom is -0.494 e. The molecule has 0 saturated carbocycles. The number of aromatic nitrogens is 2. The van der Waals surface area contributed by atoms with Crippen LogP contribution in [0, 0.1) is 4.77 Å². The average Bonchev–Trinajstić information content (AvgIpc) is 2.33. The number of aliphatic hydroxyl groups is 1. The summed E-state index contributed by atoms with van der Waals surface area (Å²) in [5.41, 5.74) is -0.276. The molecule has 0 aliphatic heterocycles. The Bertz CT molecular complexity index is 557. The van der Waals surface area contributed by atoms with E-state index in [1.54, 1.807) is 12.2 Å². The maximum absolute atomic E-state index is 11.7. The lowest BCUT2D eigenvalue weighted by molar-refractivity contribution is 0.290. The molecule has 0 radical (unpaired) electrons. The Morgan fingerprint density at radius 3 is 2.83 bits per heavy atom. The van der Waals surface area contributed by atoms with Crippen LogP contribution in [-0.4, -0.2) is 26.4 Å². The minimum absolute atomic E-state index is 0.0915. The standard InChI is InChI=1S/C12H16N2O3S/c1-2-7-14-11(17)9(6-4-3-5-8-15)10(16)13-12(14)18/h2,4,6,15,17H,1,3,5,7-8H2,(H,13,16,18). The van der Waals surface area contributed by atoms with Gasteiger partial charge in [0.05, 0.1) is 5.56 Å². The van der Waals surface area contributed by atoms with Crippen molar-refractivity contribution in [1.29, 1.82) is 0 Å². The molecule has 0 saturated heterocycles. The lowest BCUT2D eigenvalue weighted by atomic mass is 10.2. The number of nitrogens with zero attached hydrogens (tertiary/aromatic N) is 1. The average molecular weight is 268 g/mol. The number of hydrogen-bond donors (Lipinski definition) is 3. The van der Waals surface area contributed by atoms with Crippen molar-refractivity contribution < 1.29 is 10.2 Å². The predicted octanol–water partition coefficient (Wildman–Crippen LogP) is 1.58. The number of unbranched alkanes of at least 4 members (excludes halogenated alkanes) is 1. The van der Waals surface area contributed by atoms with Crippen molar-refractivity contribution in [2.24, 2.45) is 0 Å². The minimum atomic E-state index is -0.432. The van der Waals surface area contributed by atoms with Gasteiger partial charge < -0.3 is 10.2 Å². The van der Waals surface area contributed by atoms with Crippen LogP contribution in [0.4, 0.5) is 0 Å². The summed E-state index contributed by atoms with van der Waals surface area (Å²) in [6.45, 7) is 3.97. The highest BCUT2D eigenvalue weighted by atomic mass is 32.1. The second-order valence-electron chi connectivity index (χ2n) is 3.66. The quantitative estimate of drug-likeness (QED) is 0.416. The third kappa shape index (κ3) is 3.41. The van der Waals surface area contributed by atoms with Gasteiger partial charge in [-0.2, -0.15) is 0 Å². The van der Waals surface area contributed by atoms with E-state index in [9.17, 15) is 9.90 Å². The molecular formula is C12H16N2O3S. The molecule has 5 nitrogen and oxygen atoms in total. The third-order valence-electron chi connectivity index (χ3n) is 2.33. The van der Waals surface area contributed by atoms with E-state index in [1.165, 1.54) is 10.6 Å². The molecule has 1 aromatic rings. The van der Waals surface area contributed by atoms with Gasteiger partial charge in [0.1, 0.15) is 0 Å². The van der Waals surface area contributed by atoms with Gasteiger partial charge in [-0.3, -0.25) is 14.3 Å². The maximum Gasteiger partial charge on any atom is 0.262 e. The zero-order chi connectivity index (χ0) is 13.5. The number of H-pyrrole nitrogens is 1. The van der Waals surface area contributed by atoms with E-state index < -0.39 is 5.56 Å². The second kappa shape index (κ2) is 6.93.